The van der Waals surface area contributed by atoms with E-state index in [2.05, 4.69) is 11.0 Å². The number of hydrogen-bond acceptors (Lipinski definition) is 4. The molecule has 2 aliphatic heterocycles. The van der Waals surface area contributed by atoms with Crippen LogP contribution in [0.25, 0.3) is 0 Å². The summed E-state index contributed by atoms with van der Waals surface area (Å²) in [5.74, 6) is 1.89. The zero-order valence-corrected chi connectivity index (χ0v) is 14.7. The molecule has 2 aromatic carbocycles. The van der Waals surface area contributed by atoms with Crippen molar-refractivity contribution >= 4 is 17.4 Å². The average Bonchev–Trinajstić information content (AvgIpc) is 3.12. The highest BCUT2D eigenvalue weighted by molar-refractivity contribution is 6.30. The quantitative estimate of drug-likeness (QED) is 0.770. The summed E-state index contributed by atoms with van der Waals surface area (Å²) >= 11 is 5.92. The third kappa shape index (κ3) is 3.51. The summed E-state index contributed by atoms with van der Waals surface area (Å²) in [5.41, 5.74) is 1.86. The van der Waals surface area contributed by atoms with Crippen molar-refractivity contribution in [3.63, 3.8) is 0 Å². The summed E-state index contributed by atoms with van der Waals surface area (Å²) in [4.78, 5) is 15.1. The molecule has 0 unspecified atom stereocenters. The smallest absolute Gasteiger partial charge is 0.231 e. The second-order valence-corrected chi connectivity index (χ2v) is 7.03. The number of ketones is 1. The van der Waals surface area contributed by atoms with Gasteiger partial charge in [-0.3, -0.25) is 9.69 Å². The number of rotatable bonds is 4. The first-order valence-electron chi connectivity index (χ1n) is 8.60. The van der Waals surface area contributed by atoms with Gasteiger partial charge in [0.05, 0.1) is 0 Å². The summed E-state index contributed by atoms with van der Waals surface area (Å²) in [5, 5.41) is 0.655. The van der Waals surface area contributed by atoms with Crippen LogP contribution in [0.3, 0.4) is 0 Å². The van der Waals surface area contributed by atoms with Crippen LogP contribution in [0.5, 0.6) is 11.5 Å². The average molecular weight is 358 g/mol. The van der Waals surface area contributed by atoms with Crippen LogP contribution in [-0.2, 0) is 6.54 Å². The topological polar surface area (TPSA) is 38.8 Å². The van der Waals surface area contributed by atoms with E-state index in [9.17, 15) is 4.79 Å². The molecular weight excluding hydrogens is 338 g/mol. The maximum Gasteiger partial charge on any atom is 0.231 e. The number of fused-ring (bicyclic) bond motifs is 1. The maximum absolute atomic E-state index is 12.8. The number of para-hydroxylation sites is 1. The van der Waals surface area contributed by atoms with Gasteiger partial charge in [0.15, 0.2) is 17.3 Å². The van der Waals surface area contributed by atoms with Crippen LogP contribution >= 0.6 is 11.6 Å². The Morgan fingerprint density at radius 2 is 2.00 bits per heavy atom. The van der Waals surface area contributed by atoms with Gasteiger partial charge in [0.1, 0.15) is 0 Å². The standard InChI is InChI=1S/C20H20ClNO3/c21-17-8-6-14(7-9-17)19(23)15-4-2-10-22(11-15)12-16-3-1-5-18-20(16)25-13-24-18/h1,3,5-9,15H,2,4,10-13H2/t15-/m1/s1. The van der Waals surface area contributed by atoms with E-state index in [1.165, 1.54) is 0 Å². The molecule has 130 valence electrons. The van der Waals surface area contributed by atoms with Crippen molar-refractivity contribution in [3.05, 3.63) is 58.6 Å². The zero-order chi connectivity index (χ0) is 17.2. The first-order valence-corrected chi connectivity index (χ1v) is 8.98. The van der Waals surface area contributed by atoms with Gasteiger partial charge in [-0.25, -0.2) is 0 Å². The Morgan fingerprint density at radius 3 is 2.84 bits per heavy atom. The molecule has 0 aromatic heterocycles. The number of ether oxygens (including phenoxy) is 2. The first-order chi connectivity index (χ1) is 12.2. The van der Waals surface area contributed by atoms with Crippen LogP contribution in [0.2, 0.25) is 5.02 Å². The molecule has 25 heavy (non-hydrogen) atoms. The fourth-order valence-corrected chi connectivity index (χ4v) is 3.75. The van der Waals surface area contributed by atoms with E-state index in [1.807, 2.05) is 24.3 Å². The fourth-order valence-electron chi connectivity index (χ4n) is 3.62. The Bertz CT molecular complexity index is 775. The molecule has 0 radical (unpaired) electrons. The molecule has 4 rings (SSSR count). The third-order valence-electron chi connectivity index (χ3n) is 4.88. The van der Waals surface area contributed by atoms with Crippen LogP contribution in [0.15, 0.2) is 42.5 Å². The lowest BCUT2D eigenvalue weighted by atomic mass is 9.90. The maximum atomic E-state index is 12.8. The molecule has 1 atom stereocenters. The SMILES string of the molecule is O=C(c1ccc(Cl)cc1)[C@@H]1CCCN(Cc2cccc3c2OCO3)C1. The number of benzene rings is 2. The zero-order valence-electron chi connectivity index (χ0n) is 13.9. The Labute approximate surface area is 152 Å². The molecule has 2 heterocycles. The largest absolute Gasteiger partial charge is 0.454 e. The predicted molar refractivity (Wildman–Crippen MR) is 96.3 cm³/mol. The lowest BCUT2D eigenvalue weighted by molar-refractivity contribution is 0.0810. The Balaban J connectivity index is 1.45. The Morgan fingerprint density at radius 1 is 1.16 bits per heavy atom. The molecule has 5 heteroatoms. The van der Waals surface area contributed by atoms with Crippen molar-refractivity contribution in [2.45, 2.75) is 19.4 Å². The van der Waals surface area contributed by atoms with E-state index < -0.39 is 0 Å². The fraction of sp³-hybridized carbons (Fsp3) is 0.350. The van der Waals surface area contributed by atoms with Crippen molar-refractivity contribution < 1.29 is 14.3 Å². The van der Waals surface area contributed by atoms with E-state index in [4.69, 9.17) is 21.1 Å². The summed E-state index contributed by atoms with van der Waals surface area (Å²) < 4.78 is 11.0. The monoisotopic (exact) mass is 357 g/mol. The molecule has 0 N–H and O–H groups in total. The number of carbonyl (C=O) groups is 1. The van der Waals surface area contributed by atoms with Crippen molar-refractivity contribution in [3.8, 4) is 11.5 Å². The number of halogens is 1. The van der Waals surface area contributed by atoms with Gasteiger partial charge >= 0.3 is 0 Å². The third-order valence-corrected chi connectivity index (χ3v) is 5.13. The van der Waals surface area contributed by atoms with Gasteiger partial charge < -0.3 is 9.47 Å². The number of hydrogen-bond donors (Lipinski definition) is 0. The summed E-state index contributed by atoms with van der Waals surface area (Å²) in [6.07, 6.45) is 1.96. The summed E-state index contributed by atoms with van der Waals surface area (Å²) in [6.45, 7) is 2.82. The van der Waals surface area contributed by atoms with Gasteiger partial charge in [0.25, 0.3) is 0 Å². The molecule has 2 aliphatic rings. The van der Waals surface area contributed by atoms with Crippen molar-refractivity contribution in [2.75, 3.05) is 19.9 Å². The minimum atomic E-state index is 0.0313. The second-order valence-electron chi connectivity index (χ2n) is 6.60. The van der Waals surface area contributed by atoms with Crippen molar-refractivity contribution in [1.82, 2.24) is 4.90 Å². The van der Waals surface area contributed by atoms with Gasteiger partial charge in [-0.15, -0.1) is 0 Å². The molecule has 2 aromatic rings. The molecule has 0 bridgehead atoms. The molecule has 0 amide bonds. The van der Waals surface area contributed by atoms with E-state index in [-0.39, 0.29) is 18.5 Å². The van der Waals surface area contributed by atoms with Crippen LogP contribution < -0.4 is 9.47 Å². The first kappa shape index (κ1) is 16.4. The summed E-state index contributed by atoms with van der Waals surface area (Å²) in [6, 6.07) is 13.2. The van der Waals surface area contributed by atoms with Crippen LogP contribution in [0.4, 0.5) is 0 Å². The van der Waals surface area contributed by atoms with E-state index in [0.717, 1.165) is 55.1 Å². The van der Waals surface area contributed by atoms with Gasteiger partial charge in [-0.1, -0.05) is 23.7 Å². The minimum Gasteiger partial charge on any atom is -0.454 e. The van der Waals surface area contributed by atoms with Crippen molar-refractivity contribution in [2.24, 2.45) is 5.92 Å². The van der Waals surface area contributed by atoms with E-state index in [1.54, 1.807) is 12.1 Å². The number of piperidine rings is 1. The highest BCUT2D eigenvalue weighted by atomic mass is 35.5. The molecule has 0 aliphatic carbocycles. The lowest BCUT2D eigenvalue weighted by Crippen LogP contribution is -2.38. The molecule has 0 spiro atoms. The highest BCUT2D eigenvalue weighted by Crippen LogP contribution is 2.36. The number of likely N-dealkylation sites (tertiary alicyclic amines) is 1. The normalized spacial score (nSPS) is 19.8. The number of carbonyl (C=O) groups excluding carboxylic acids is 1. The second kappa shape index (κ2) is 7.06. The van der Waals surface area contributed by atoms with Gasteiger partial charge in [0, 0.05) is 35.2 Å². The Hall–Kier alpha value is -2.04. The molecule has 1 saturated heterocycles. The van der Waals surface area contributed by atoms with Gasteiger partial charge in [-0.2, -0.15) is 0 Å². The van der Waals surface area contributed by atoms with Crippen LogP contribution in [0, 0.1) is 5.92 Å². The molecular formula is C20H20ClNO3. The minimum absolute atomic E-state index is 0.0313. The van der Waals surface area contributed by atoms with Gasteiger partial charge in [-0.05, 0) is 49.7 Å². The molecule has 1 fully saturated rings. The molecule has 4 nitrogen and oxygen atoms in total. The Kier molecular flexibility index (Phi) is 4.64. The lowest BCUT2D eigenvalue weighted by Gasteiger charge is -2.32. The van der Waals surface area contributed by atoms with Crippen LogP contribution in [0.1, 0.15) is 28.8 Å². The predicted octanol–water partition coefficient (Wildman–Crippen LogP) is 4.16. The highest BCUT2D eigenvalue weighted by Gasteiger charge is 2.28. The molecule has 0 saturated carbocycles. The number of nitrogens with zero attached hydrogens (tertiary/aromatic N) is 1. The van der Waals surface area contributed by atoms with E-state index >= 15 is 0 Å². The van der Waals surface area contributed by atoms with Gasteiger partial charge in [0.2, 0.25) is 6.79 Å². The van der Waals surface area contributed by atoms with Crippen LogP contribution in [-0.4, -0.2) is 30.6 Å². The van der Waals surface area contributed by atoms with Crippen molar-refractivity contribution in [1.29, 1.82) is 0 Å². The number of Topliss-reactive ketones (excluding diaryl/α,β-unsaturated/α-hetero) is 1. The summed E-state index contributed by atoms with van der Waals surface area (Å²) in [7, 11) is 0. The van der Waals surface area contributed by atoms with E-state index in [0.29, 0.717) is 5.02 Å².